The van der Waals surface area contributed by atoms with E-state index in [9.17, 15) is 9.59 Å². The molecule has 1 aromatic carbocycles. The van der Waals surface area contributed by atoms with E-state index in [4.69, 9.17) is 5.73 Å². The fraction of sp³-hybridized carbons (Fsp3) is 0.500. The molecule has 5 nitrogen and oxygen atoms in total. The van der Waals surface area contributed by atoms with E-state index in [-0.39, 0.29) is 24.2 Å². The maximum atomic E-state index is 12.1. The molecule has 1 fully saturated rings. The normalized spacial score (nSPS) is 18.9. The Kier molecular flexibility index (Phi) is 4.63. The quantitative estimate of drug-likeness (QED) is 0.845. The SMILES string of the molecule is CC(C)(N)CNC(=O)C1CC(=O)N(Cc2ccccc2)C1. The summed E-state index contributed by atoms with van der Waals surface area (Å²) in [5, 5.41) is 2.83. The van der Waals surface area contributed by atoms with Crippen LogP contribution >= 0.6 is 0 Å². The number of carbonyl (C=O) groups is 2. The molecule has 3 N–H and O–H groups in total. The van der Waals surface area contributed by atoms with Gasteiger partial charge in [-0.15, -0.1) is 0 Å². The molecule has 5 heteroatoms. The number of rotatable bonds is 5. The highest BCUT2D eigenvalue weighted by atomic mass is 16.2. The predicted molar refractivity (Wildman–Crippen MR) is 81.2 cm³/mol. The van der Waals surface area contributed by atoms with Crippen LogP contribution in [0.1, 0.15) is 25.8 Å². The molecule has 0 radical (unpaired) electrons. The summed E-state index contributed by atoms with van der Waals surface area (Å²) in [5.74, 6) is -0.327. The summed E-state index contributed by atoms with van der Waals surface area (Å²) in [6.45, 7) is 5.16. The summed E-state index contributed by atoms with van der Waals surface area (Å²) in [6, 6.07) is 9.81. The third kappa shape index (κ3) is 4.56. The van der Waals surface area contributed by atoms with Gasteiger partial charge in [0.1, 0.15) is 0 Å². The van der Waals surface area contributed by atoms with E-state index in [1.807, 2.05) is 44.2 Å². The van der Waals surface area contributed by atoms with Gasteiger partial charge < -0.3 is 16.0 Å². The first-order valence-electron chi connectivity index (χ1n) is 7.23. The van der Waals surface area contributed by atoms with Crippen molar-refractivity contribution in [2.75, 3.05) is 13.1 Å². The number of benzene rings is 1. The Morgan fingerprint density at radius 2 is 2.05 bits per heavy atom. The van der Waals surface area contributed by atoms with Gasteiger partial charge >= 0.3 is 0 Å². The topological polar surface area (TPSA) is 75.4 Å². The van der Waals surface area contributed by atoms with Crippen molar-refractivity contribution in [2.45, 2.75) is 32.4 Å². The third-order valence-corrected chi connectivity index (χ3v) is 3.52. The first-order chi connectivity index (χ1) is 9.85. The third-order valence-electron chi connectivity index (χ3n) is 3.52. The summed E-state index contributed by atoms with van der Waals surface area (Å²) in [4.78, 5) is 25.8. The van der Waals surface area contributed by atoms with Crippen LogP contribution < -0.4 is 11.1 Å². The van der Waals surface area contributed by atoms with Crippen molar-refractivity contribution in [2.24, 2.45) is 11.7 Å². The molecule has 1 aliphatic heterocycles. The molecule has 0 bridgehead atoms. The van der Waals surface area contributed by atoms with Crippen molar-refractivity contribution < 1.29 is 9.59 Å². The zero-order valence-corrected chi connectivity index (χ0v) is 12.6. The van der Waals surface area contributed by atoms with Gasteiger partial charge in [0.05, 0.1) is 5.92 Å². The molecule has 1 atom stereocenters. The second-order valence-corrected chi connectivity index (χ2v) is 6.37. The van der Waals surface area contributed by atoms with Crippen molar-refractivity contribution in [3.8, 4) is 0 Å². The van der Waals surface area contributed by atoms with Gasteiger partial charge in [-0.1, -0.05) is 30.3 Å². The molecule has 2 rings (SSSR count). The Labute approximate surface area is 125 Å². The number of likely N-dealkylation sites (tertiary alicyclic amines) is 1. The molecule has 114 valence electrons. The second-order valence-electron chi connectivity index (χ2n) is 6.37. The maximum Gasteiger partial charge on any atom is 0.225 e. The lowest BCUT2D eigenvalue weighted by atomic mass is 10.1. The van der Waals surface area contributed by atoms with Crippen LogP contribution in [0.5, 0.6) is 0 Å². The lowest BCUT2D eigenvalue weighted by Gasteiger charge is -2.20. The molecular formula is C16H23N3O2. The van der Waals surface area contributed by atoms with Gasteiger partial charge in [-0.3, -0.25) is 9.59 Å². The number of nitrogens with zero attached hydrogens (tertiary/aromatic N) is 1. The minimum atomic E-state index is -0.442. The Morgan fingerprint density at radius 1 is 1.38 bits per heavy atom. The molecular weight excluding hydrogens is 266 g/mol. The summed E-state index contributed by atoms with van der Waals surface area (Å²) in [7, 11) is 0. The molecule has 0 saturated carbocycles. The fourth-order valence-electron chi connectivity index (χ4n) is 2.36. The largest absolute Gasteiger partial charge is 0.354 e. The average molecular weight is 289 g/mol. The summed E-state index contributed by atoms with van der Waals surface area (Å²) in [5.41, 5.74) is 6.48. The van der Waals surface area contributed by atoms with Crippen LogP contribution in [-0.2, 0) is 16.1 Å². The number of nitrogens with one attached hydrogen (secondary N) is 1. The second kappa shape index (κ2) is 6.26. The van der Waals surface area contributed by atoms with Gasteiger partial charge in [-0.05, 0) is 19.4 Å². The lowest BCUT2D eigenvalue weighted by molar-refractivity contribution is -0.129. The summed E-state index contributed by atoms with van der Waals surface area (Å²) < 4.78 is 0. The lowest BCUT2D eigenvalue weighted by Crippen LogP contribution is -2.46. The van der Waals surface area contributed by atoms with Crippen molar-refractivity contribution in [1.82, 2.24) is 10.2 Å². The van der Waals surface area contributed by atoms with Crippen molar-refractivity contribution in [3.63, 3.8) is 0 Å². The number of hydrogen-bond donors (Lipinski definition) is 2. The van der Waals surface area contributed by atoms with Gasteiger partial charge in [0.15, 0.2) is 0 Å². The van der Waals surface area contributed by atoms with E-state index in [1.165, 1.54) is 0 Å². The van der Waals surface area contributed by atoms with E-state index in [2.05, 4.69) is 5.32 Å². The minimum Gasteiger partial charge on any atom is -0.354 e. The molecule has 1 heterocycles. The monoisotopic (exact) mass is 289 g/mol. The molecule has 0 spiro atoms. The van der Waals surface area contributed by atoms with Crippen LogP contribution in [0, 0.1) is 5.92 Å². The van der Waals surface area contributed by atoms with Crippen LogP contribution in [-0.4, -0.2) is 35.3 Å². The molecule has 1 aromatic rings. The summed E-state index contributed by atoms with van der Waals surface area (Å²) in [6.07, 6.45) is 0.281. The van der Waals surface area contributed by atoms with E-state index in [0.29, 0.717) is 19.6 Å². The minimum absolute atomic E-state index is 0.0333. The molecule has 0 aromatic heterocycles. The van der Waals surface area contributed by atoms with Crippen molar-refractivity contribution >= 4 is 11.8 Å². The van der Waals surface area contributed by atoms with E-state index in [1.54, 1.807) is 4.90 Å². The smallest absolute Gasteiger partial charge is 0.225 e. The highest BCUT2D eigenvalue weighted by Crippen LogP contribution is 2.20. The van der Waals surface area contributed by atoms with Crippen LogP contribution in [0.3, 0.4) is 0 Å². The van der Waals surface area contributed by atoms with Crippen LogP contribution in [0.25, 0.3) is 0 Å². The molecule has 1 aliphatic rings. The highest BCUT2D eigenvalue weighted by molar-refractivity contribution is 5.89. The molecule has 2 amide bonds. The van der Waals surface area contributed by atoms with Crippen molar-refractivity contribution in [1.29, 1.82) is 0 Å². The van der Waals surface area contributed by atoms with Crippen LogP contribution in [0.2, 0.25) is 0 Å². The standard InChI is InChI=1S/C16H23N3O2/c1-16(2,17)11-18-15(21)13-8-14(20)19(10-13)9-12-6-4-3-5-7-12/h3-7,13H,8-11,17H2,1-2H3,(H,18,21). The Bertz CT molecular complexity index is 508. The van der Waals surface area contributed by atoms with Gasteiger partial charge in [0.2, 0.25) is 11.8 Å². The number of carbonyl (C=O) groups excluding carboxylic acids is 2. The van der Waals surface area contributed by atoms with E-state index in [0.717, 1.165) is 5.56 Å². The highest BCUT2D eigenvalue weighted by Gasteiger charge is 2.34. The first-order valence-corrected chi connectivity index (χ1v) is 7.23. The molecule has 1 unspecified atom stereocenters. The average Bonchev–Trinajstić information content (AvgIpc) is 2.78. The van der Waals surface area contributed by atoms with E-state index < -0.39 is 5.54 Å². The van der Waals surface area contributed by atoms with E-state index >= 15 is 0 Å². The molecule has 1 saturated heterocycles. The number of nitrogens with two attached hydrogens (primary N) is 1. The van der Waals surface area contributed by atoms with Crippen LogP contribution in [0.4, 0.5) is 0 Å². The van der Waals surface area contributed by atoms with Crippen molar-refractivity contribution in [3.05, 3.63) is 35.9 Å². The zero-order chi connectivity index (χ0) is 15.5. The first kappa shape index (κ1) is 15.5. The van der Waals surface area contributed by atoms with Gasteiger partial charge in [0, 0.05) is 31.6 Å². The van der Waals surface area contributed by atoms with Crippen LogP contribution in [0.15, 0.2) is 30.3 Å². The van der Waals surface area contributed by atoms with Gasteiger partial charge in [-0.25, -0.2) is 0 Å². The Balaban J connectivity index is 1.89. The fourth-order valence-corrected chi connectivity index (χ4v) is 2.36. The molecule has 0 aliphatic carbocycles. The predicted octanol–water partition coefficient (Wildman–Crippen LogP) is 0.889. The Hall–Kier alpha value is -1.88. The zero-order valence-electron chi connectivity index (χ0n) is 12.6. The summed E-state index contributed by atoms with van der Waals surface area (Å²) >= 11 is 0. The number of hydrogen-bond acceptors (Lipinski definition) is 3. The molecule has 21 heavy (non-hydrogen) atoms. The Morgan fingerprint density at radius 3 is 2.67 bits per heavy atom. The maximum absolute atomic E-state index is 12.1. The van der Waals surface area contributed by atoms with Gasteiger partial charge in [0.25, 0.3) is 0 Å². The van der Waals surface area contributed by atoms with Gasteiger partial charge in [-0.2, -0.15) is 0 Å². The number of amides is 2.